The summed E-state index contributed by atoms with van der Waals surface area (Å²) in [5, 5.41) is 11.3. The molecule has 0 amide bonds. The lowest BCUT2D eigenvalue weighted by Crippen LogP contribution is -2.38. The number of fused-ring (bicyclic) bond motifs is 1. The van der Waals surface area contributed by atoms with Crippen molar-refractivity contribution >= 4 is 11.6 Å². The second-order valence-corrected chi connectivity index (χ2v) is 7.36. The molecule has 1 aliphatic carbocycles. The van der Waals surface area contributed by atoms with Gasteiger partial charge in [0, 0.05) is 24.6 Å². The Morgan fingerprint density at radius 2 is 2.14 bits per heavy atom. The van der Waals surface area contributed by atoms with Crippen molar-refractivity contribution in [2.24, 2.45) is 0 Å². The molecule has 0 aromatic carbocycles. The van der Waals surface area contributed by atoms with E-state index in [0.29, 0.717) is 23.2 Å². The molecular weight excluding hydrogens is 361 g/mol. The van der Waals surface area contributed by atoms with Gasteiger partial charge in [0.1, 0.15) is 22.8 Å². The molecule has 9 heteroatoms. The van der Waals surface area contributed by atoms with Gasteiger partial charge in [0.05, 0.1) is 19.5 Å². The number of nitrogens with zero attached hydrogens (tertiary/aromatic N) is 5. The Bertz CT molecular complexity index is 1010. The Morgan fingerprint density at radius 3 is 2.89 bits per heavy atom. The molecule has 28 heavy (non-hydrogen) atoms. The zero-order valence-electron chi connectivity index (χ0n) is 15.7. The minimum atomic E-state index is -0.500. The van der Waals surface area contributed by atoms with Gasteiger partial charge in [-0.3, -0.25) is 0 Å². The van der Waals surface area contributed by atoms with Gasteiger partial charge < -0.3 is 15.4 Å². The summed E-state index contributed by atoms with van der Waals surface area (Å²) in [4.78, 5) is 12.9. The van der Waals surface area contributed by atoms with Crippen LogP contribution < -0.4 is 15.4 Å². The Morgan fingerprint density at radius 1 is 1.25 bits per heavy atom. The zero-order valence-corrected chi connectivity index (χ0v) is 15.7. The van der Waals surface area contributed by atoms with Crippen LogP contribution in [-0.2, 0) is 0 Å². The molecule has 1 unspecified atom stereocenters. The van der Waals surface area contributed by atoms with Crippen molar-refractivity contribution in [3.05, 3.63) is 30.0 Å². The predicted octanol–water partition coefficient (Wildman–Crippen LogP) is 2.38. The third-order valence-electron chi connectivity index (χ3n) is 5.29. The Balaban J connectivity index is 1.53. The molecule has 146 valence electrons. The van der Waals surface area contributed by atoms with E-state index in [1.807, 2.05) is 6.07 Å². The van der Waals surface area contributed by atoms with Crippen LogP contribution in [0.1, 0.15) is 37.3 Å². The summed E-state index contributed by atoms with van der Waals surface area (Å²) in [6, 6.07) is 2.08. The van der Waals surface area contributed by atoms with Crippen LogP contribution in [0.5, 0.6) is 5.75 Å². The normalized spacial score (nSPS) is 19.7. The number of halogens is 1. The number of rotatable bonds is 5. The van der Waals surface area contributed by atoms with Crippen molar-refractivity contribution in [2.75, 3.05) is 25.5 Å². The van der Waals surface area contributed by atoms with E-state index < -0.39 is 5.82 Å². The maximum absolute atomic E-state index is 14.6. The van der Waals surface area contributed by atoms with Crippen LogP contribution in [0.2, 0.25) is 0 Å². The highest BCUT2D eigenvalue weighted by Gasteiger charge is 2.30. The maximum Gasteiger partial charge on any atom is 0.223 e. The number of piperidine rings is 1. The first-order valence-electron chi connectivity index (χ1n) is 9.66. The Kier molecular flexibility index (Phi) is 4.31. The third-order valence-corrected chi connectivity index (χ3v) is 5.29. The number of hydrogen-bond acceptors (Lipinski definition) is 7. The lowest BCUT2D eigenvalue weighted by atomic mass is 10.1. The molecule has 3 aromatic rings. The van der Waals surface area contributed by atoms with Gasteiger partial charge >= 0.3 is 0 Å². The highest BCUT2D eigenvalue weighted by molar-refractivity contribution is 5.62. The van der Waals surface area contributed by atoms with Gasteiger partial charge in [0.15, 0.2) is 11.5 Å². The second kappa shape index (κ2) is 6.97. The average molecular weight is 383 g/mol. The van der Waals surface area contributed by atoms with E-state index in [1.54, 1.807) is 17.8 Å². The number of aromatic nitrogens is 5. The van der Waals surface area contributed by atoms with E-state index in [-0.39, 0.29) is 11.7 Å². The van der Waals surface area contributed by atoms with Gasteiger partial charge in [0.25, 0.3) is 0 Å². The van der Waals surface area contributed by atoms with Crippen molar-refractivity contribution in [3.8, 4) is 17.1 Å². The van der Waals surface area contributed by atoms with Crippen molar-refractivity contribution in [3.63, 3.8) is 0 Å². The number of nitrogens with one attached hydrogen (secondary N) is 2. The summed E-state index contributed by atoms with van der Waals surface area (Å²) < 4.78 is 21.7. The SMILES string of the molecule is COc1cc2ncc(-c3nc(NC4CCCNC4)ncc3F)n2nc1C1CC1. The largest absolute Gasteiger partial charge is 0.495 e. The van der Waals surface area contributed by atoms with Crippen LogP contribution in [0.25, 0.3) is 17.0 Å². The highest BCUT2D eigenvalue weighted by atomic mass is 19.1. The van der Waals surface area contributed by atoms with Gasteiger partial charge in [-0.2, -0.15) is 5.10 Å². The number of anilines is 1. The molecule has 2 aliphatic rings. The molecule has 2 fully saturated rings. The highest BCUT2D eigenvalue weighted by Crippen LogP contribution is 2.43. The zero-order chi connectivity index (χ0) is 19.1. The van der Waals surface area contributed by atoms with E-state index in [4.69, 9.17) is 9.84 Å². The molecule has 0 spiro atoms. The molecule has 2 N–H and O–H groups in total. The van der Waals surface area contributed by atoms with E-state index in [0.717, 1.165) is 50.2 Å². The van der Waals surface area contributed by atoms with Crippen molar-refractivity contribution < 1.29 is 9.13 Å². The standard InChI is InChI=1S/C19H22FN7O/c1-28-15-7-16-22-10-14(27(16)26-17(15)11-4-5-11)18-13(20)9-23-19(25-18)24-12-3-2-6-21-8-12/h7,9-12,21H,2-6,8H2,1H3,(H,23,24,25). The Labute approximate surface area is 161 Å². The van der Waals surface area contributed by atoms with Crippen LogP contribution in [0.15, 0.2) is 18.5 Å². The quantitative estimate of drug-likeness (QED) is 0.699. The number of ether oxygens (including phenoxy) is 1. The van der Waals surface area contributed by atoms with E-state index in [2.05, 4.69) is 25.6 Å². The van der Waals surface area contributed by atoms with Crippen molar-refractivity contribution in [1.82, 2.24) is 29.9 Å². The molecule has 1 atom stereocenters. The van der Waals surface area contributed by atoms with E-state index in [1.165, 1.54) is 6.20 Å². The molecular formula is C19H22FN7O. The fraction of sp³-hybridized carbons (Fsp3) is 0.474. The van der Waals surface area contributed by atoms with Crippen molar-refractivity contribution in [2.45, 2.75) is 37.6 Å². The fourth-order valence-corrected chi connectivity index (χ4v) is 3.65. The van der Waals surface area contributed by atoms with Crippen LogP contribution in [0.4, 0.5) is 10.3 Å². The third kappa shape index (κ3) is 3.15. The molecule has 4 heterocycles. The monoisotopic (exact) mass is 383 g/mol. The Hall–Kier alpha value is -2.81. The fourth-order valence-electron chi connectivity index (χ4n) is 3.65. The molecule has 1 saturated carbocycles. The molecule has 3 aromatic heterocycles. The molecule has 0 bridgehead atoms. The summed E-state index contributed by atoms with van der Waals surface area (Å²) in [6.07, 6.45) is 7.09. The van der Waals surface area contributed by atoms with Gasteiger partial charge in [-0.25, -0.2) is 23.9 Å². The first kappa shape index (κ1) is 17.3. The van der Waals surface area contributed by atoms with Crippen LogP contribution in [0, 0.1) is 5.82 Å². The first-order valence-corrected chi connectivity index (χ1v) is 9.66. The number of hydrogen-bond donors (Lipinski definition) is 2. The second-order valence-electron chi connectivity index (χ2n) is 7.36. The van der Waals surface area contributed by atoms with Gasteiger partial charge in [0.2, 0.25) is 5.95 Å². The summed E-state index contributed by atoms with van der Waals surface area (Å²) >= 11 is 0. The van der Waals surface area contributed by atoms with Crippen LogP contribution >= 0.6 is 0 Å². The minimum Gasteiger partial charge on any atom is -0.495 e. The lowest BCUT2D eigenvalue weighted by Gasteiger charge is -2.23. The van der Waals surface area contributed by atoms with Gasteiger partial charge in [-0.15, -0.1) is 0 Å². The van der Waals surface area contributed by atoms with Crippen LogP contribution in [0.3, 0.4) is 0 Å². The molecule has 1 aliphatic heterocycles. The predicted molar refractivity (Wildman–Crippen MR) is 102 cm³/mol. The van der Waals surface area contributed by atoms with Crippen molar-refractivity contribution in [1.29, 1.82) is 0 Å². The minimum absolute atomic E-state index is 0.188. The first-order chi connectivity index (χ1) is 13.7. The maximum atomic E-state index is 14.6. The van der Waals surface area contributed by atoms with E-state index >= 15 is 0 Å². The number of methoxy groups -OCH3 is 1. The molecule has 8 nitrogen and oxygen atoms in total. The number of imidazole rings is 1. The van der Waals surface area contributed by atoms with Gasteiger partial charge in [-0.1, -0.05) is 0 Å². The molecule has 1 saturated heterocycles. The smallest absolute Gasteiger partial charge is 0.223 e. The van der Waals surface area contributed by atoms with E-state index in [9.17, 15) is 4.39 Å². The average Bonchev–Trinajstić information content (AvgIpc) is 3.49. The molecule has 0 radical (unpaired) electrons. The summed E-state index contributed by atoms with van der Waals surface area (Å²) in [5.74, 6) is 1.03. The molecule has 5 rings (SSSR count). The van der Waals surface area contributed by atoms with Crippen LogP contribution in [-0.4, -0.2) is 50.8 Å². The summed E-state index contributed by atoms with van der Waals surface area (Å²) in [5.41, 5.74) is 2.17. The summed E-state index contributed by atoms with van der Waals surface area (Å²) in [7, 11) is 1.63. The van der Waals surface area contributed by atoms with Gasteiger partial charge in [-0.05, 0) is 32.2 Å². The summed E-state index contributed by atoms with van der Waals surface area (Å²) in [6.45, 7) is 1.87. The topological polar surface area (TPSA) is 89.3 Å². The lowest BCUT2D eigenvalue weighted by molar-refractivity contribution is 0.405.